The third-order valence-corrected chi connectivity index (χ3v) is 5.08. The monoisotopic (exact) mass is 386 g/mol. The van der Waals surface area contributed by atoms with E-state index in [2.05, 4.69) is 21.2 Å². The van der Waals surface area contributed by atoms with Gasteiger partial charge in [0.15, 0.2) is 0 Å². The van der Waals surface area contributed by atoms with Gasteiger partial charge in [-0.1, -0.05) is 46.8 Å². The molecule has 6 heteroatoms. The summed E-state index contributed by atoms with van der Waals surface area (Å²) in [6.45, 7) is 0. The van der Waals surface area contributed by atoms with E-state index in [0.29, 0.717) is 11.4 Å². The van der Waals surface area contributed by atoms with Crippen LogP contribution in [0.1, 0.15) is 37.7 Å². The zero-order valence-corrected chi connectivity index (χ0v) is 14.6. The number of carbonyl (C=O) groups is 2. The largest absolute Gasteiger partial charge is 0.368 e. The van der Waals surface area contributed by atoms with Gasteiger partial charge in [0.2, 0.25) is 11.8 Å². The molecule has 1 aromatic rings. The van der Waals surface area contributed by atoms with Crippen LogP contribution < -0.4 is 11.1 Å². The van der Waals surface area contributed by atoms with Crippen LogP contribution in [0.5, 0.6) is 0 Å². The van der Waals surface area contributed by atoms with Crippen molar-refractivity contribution in [3.05, 3.63) is 33.3 Å². The average Bonchev–Trinajstić information content (AvgIpc) is 2.50. The van der Waals surface area contributed by atoms with E-state index in [1.165, 1.54) is 6.42 Å². The SMILES string of the molecule is NC(=O)[C@H](Cc1cc(Cl)ccc1Br)NC(=O)C1CCCCC1. The summed E-state index contributed by atoms with van der Waals surface area (Å²) in [7, 11) is 0. The number of primary amides is 1. The number of rotatable bonds is 5. The van der Waals surface area contributed by atoms with Crippen molar-refractivity contribution < 1.29 is 9.59 Å². The van der Waals surface area contributed by atoms with E-state index in [4.69, 9.17) is 17.3 Å². The van der Waals surface area contributed by atoms with Crippen molar-refractivity contribution in [2.45, 2.75) is 44.6 Å². The van der Waals surface area contributed by atoms with Gasteiger partial charge in [-0.3, -0.25) is 9.59 Å². The molecule has 0 saturated heterocycles. The van der Waals surface area contributed by atoms with Crippen molar-refractivity contribution >= 4 is 39.3 Å². The first kappa shape index (κ1) is 17.3. The van der Waals surface area contributed by atoms with Crippen LogP contribution in [-0.2, 0) is 16.0 Å². The lowest BCUT2D eigenvalue weighted by atomic mass is 9.88. The second-order valence-electron chi connectivity index (χ2n) is 5.74. The van der Waals surface area contributed by atoms with Gasteiger partial charge < -0.3 is 11.1 Å². The summed E-state index contributed by atoms with van der Waals surface area (Å²) in [5.74, 6) is -0.601. The minimum absolute atomic E-state index is 0.00148. The molecule has 22 heavy (non-hydrogen) atoms. The lowest BCUT2D eigenvalue weighted by Gasteiger charge is -2.24. The highest BCUT2D eigenvalue weighted by molar-refractivity contribution is 9.10. The molecule has 0 aromatic heterocycles. The summed E-state index contributed by atoms with van der Waals surface area (Å²) >= 11 is 9.41. The van der Waals surface area contributed by atoms with Gasteiger partial charge in [-0.2, -0.15) is 0 Å². The fourth-order valence-electron chi connectivity index (χ4n) is 2.80. The Morgan fingerprint density at radius 3 is 2.64 bits per heavy atom. The minimum Gasteiger partial charge on any atom is -0.368 e. The molecule has 4 nitrogen and oxygen atoms in total. The van der Waals surface area contributed by atoms with E-state index in [-0.39, 0.29) is 11.8 Å². The number of hydrogen-bond donors (Lipinski definition) is 2. The van der Waals surface area contributed by atoms with E-state index < -0.39 is 11.9 Å². The van der Waals surface area contributed by atoms with Crippen LogP contribution in [0.4, 0.5) is 0 Å². The Morgan fingerprint density at radius 2 is 2.00 bits per heavy atom. The number of carbonyl (C=O) groups excluding carboxylic acids is 2. The van der Waals surface area contributed by atoms with Crippen LogP contribution >= 0.6 is 27.5 Å². The molecule has 1 aromatic carbocycles. The fraction of sp³-hybridized carbons (Fsp3) is 0.500. The first-order valence-corrected chi connectivity index (χ1v) is 8.68. The molecular formula is C16H20BrClN2O2. The summed E-state index contributed by atoms with van der Waals surface area (Å²) in [6.07, 6.45) is 5.42. The number of benzene rings is 1. The van der Waals surface area contributed by atoms with Crippen LogP contribution in [0.15, 0.2) is 22.7 Å². The lowest BCUT2D eigenvalue weighted by molar-refractivity contribution is -0.130. The zero-order valence-electron chi connectivity index (χ0n) is 12.3. The molecular weight excluding hydrogens is 368 g/mol. The van der Waals surface area contributed by atoms with Gasteiger partial charge in [0.1, 0.15) is 6.04 Å². The predicted octanol–water partition coefficient (Wildman–Crippen LogP) is 3.20. The smallest absolute Gasteiger partial charge is 0.240 e. The zero-order chi connectivity index (χ0) is 16.1. The Balaban J connectivity index is 2.04. The maximum Gasteiger partial charge on any atom is 0.240 e. The summed E-state index contributed by atoms with van der Waals surface area (Å²) in [5, 5.41) is 3.39. The predicted molar refractivity (Wildman–Crippen MR) is 90.6 cm³/mol. The normalized spacial score (nSPS) is 17.0. The Labute approximate surface area is 143 Å². The van der Waals surface area contributed by atoms with Crippen LogP contribution in [-0.4, -0.2) is 17.9 Å². The van der Waals surface area contributed by atoms with E-state index in [1.807, 2.05) is 6.07 Å². The van der Waals surface area contributed by atoms with Crippen molar-refractivity contribution in [1.29, 1.82) is 0 Å². The summed E-state index contributed by atoms with van der Waals surface area (Å²) in [6, 6.07) is 4.63. The molecule has 0 bridgehead atoms. The number of nitrogens with two attached hydrogens (primary N) is 1. The van der Waals surface area contributed by atoms with Crippen LogP contribution in [0.3, 0.4) is 0 Å². The van der Waals surface area contributed by atoms with Crippen molar-refractivity contribution in [2.75, 3.05) is 0 Å². The van der Waals surface area contributed by atoms with Crippen LogP contribution in [0.25, 0.3) is 0 Å². The molecule has 1 atom stereocenters. The number of halogens is 2. The summed E-state index contributed by atoms with van der Waals surface area (Å²) in [5.41, 5.74) is 6.30. The molecule has 0 unspecified atom stereocenters. The lowest BCUT2D eigenvalue weighted by Crippen LogP contribution is -2.48. The van der Waals surface area contributed by atoms with Crippen LogP contribution in [0.2, 0.25) is 5.02 Å². The second-order valence-corrected chi connectivity index (χ2v) is 7.03. The van der Waals surface area contributed by atoms with Gasteiger partial charge in [-0.05, 0) is 36.6 Å². The van der Waals surface area contributed by atoms with Crippen molar-refractivity contribution in [1.82, 2.24) is 5.32 Å². The maximum atomic E-state index is 12.3. The quantitative estimate of drug-likeness (QED) is 0.814. The topological polar surface area (TPSA) is 72.2 Å². The van der Waals surface area contributed by atoms with Gasteiger partial charge in [0.25, 0.3) is 0 Å². The third-order valence-electron chi connectivity index (χ3n) is 4.07. The van der Waals surface area contributed by atoms with Gasteiger partial charge >= 0.3 is 0 Å². The van der Waals surface area contributed by atoms with Crippen molar-refractivity contribution in [2.24, 2.45) is 11.7 Å². The van der Waals surface area contributed by atoms with Crippen LogP contribution in [0, 0.1) is 5.92 Å². The first-order valence-electron chi connectivity index (χ1n) is 7.51. The highest BCUT2D eigenvalue weighted by Crippen LogP contribution is 2.25. The third kappa shape index (κ3) is 4.71. The minimum atomic E-state index is -0.718. The molecule has 1 aliphatic rings. The van der Waals surface area contributed by atoms with Gasteiger partial charge in [-0.15, -0.1) is 0 Å². The van der Waals surface area contributed by atoms with Crippen molar-refractivity contribution in [3.8, 4) is 0 Å². The number of nitrogens with one attached hydrogen (secondary N) is 1. The van der Waals surface area contributed by atoms with E-state index >= 15 is 0 Å². The first-order chi connectivity index (χ1) is 10.5. The Kier molecular flexibility index (Phi) is 6.26. The second kappa shape index (κ2) is 7.97. The van der Waals surface area contributed by atoms with E-state index in [0.717, 1.165) is 35.7 Å². The van der Waals surface area contributed by atoms with Gasteiger partial charge in [-0.25, -0.2) is 0 Å². The van der Waals surface area contributed by atoms with E-state index in [9.17, 15) is 9.59 Å². The Hall–Kier alpha value is -1.07. The standard InChI is InChI=1S/C16H20BrClN2O2/c17-13-7-6-12(18)8-11(13)9-14(15(19)21)20-16(22)10-4-2-1-3-5-10/h6-8,10,14H,1-5,9H2,(H2,19,21)(H,20,22)/t14-/m0/s1. The average molecular weight is 388 g/mol. The maximum absolute atomic E-state index is 12.3. The highest BCUT2D eigenvalue weighted by Gasteiger charge is 2.26. The summed E-state index contributed by atoms with van der Waals surface area (Å²) < 4.78 is 0.843. The van der Waals surface area contributed by atoms with Gasteiger partial charge in [0, 0.05) is 21.8 Å². The fourth-order valence-corrected chi connectivity index (χ4v) is 3.40. The number of amides is 2. The van der Waals surface area contributed by atoms with Crippen molar-refractivity contribution in [3.63, 3.8) is 0 Å². The molecule has 0 spiro atoms. The van der Waals surface area contributed by atoms with Gasteiger partial charge in [0.05, 0.1) is 0 Å². The van der Waals surface area contributed by atoms with E-state index in [1.54, 1.807) is 12.1 Å². The molecule has 0 radical (unpaired) electrons. The Bertz CT molecular complexity index is 559. The molecule has 1 saturated carbocycles. The molecule has 3 N–H and O–H groups in total. The summed E-state index contributed by atoms with van der Waals surface area (Å²) in [4.78, 5) is 24.0. The molecule has 0 aliphatic heterocycles. The molecule has 1 aliphatic carbocycles. The molecule has 2 amide bonds. The number of hydrogen-bond acceptors (Lipinski definition) is 2. The highest BCUT2D eigenvalue weighted by atomic mass is 79.9. The Morgan fingerprint density at radius 1 is 1.32 bits per heavy atom. The molecule has 1 fully saturated rings. The molecule has 2 rings (SSSR count). The molecule has 120 valence electrons. The molecule has 0 heterocycles.